The molecule has 6 heteroatoms. The molecule has 0 aromatic heterocycles. The number of fused-ring (bicyclic) bond motifs is 1. The molecular formula is C11H13N3O3. The van der Waals surface area contributed by atoms with Crippen molar-refractivity contribution < 1.29 is 14.6 Å². The van der Waals surface area contributed by atoms with E-state index in [-0.39, 0.29) is 12.3 Å². The van der Waals surface area contributed by atoms with E-state index in [0.717, 1.165) is 5.57 Å². The van der Waals surface area contributed by atoms with E-state index in [4.69, 9.17) is 4.74 Å². The number of nitrogens with zero attached hydrogens (tertiary/aromatic N) is 3. The monoisotopic (exact) mass is 235 g/mol. The van der Waals surface area contributed by atoms with Crippen molar-refractivity contribution in [2.45, 2.75) is 20.1 Å². The molecule has 2 rings (SSSR count). The van der Waals surface area contributed by atoms with Crippen molar-refractivity contribution in [1.82, 2.24) is 4.90 Å². The SMILES string of the molecule is CCOC(=O)C1=NN=C2C=CC(C)=CN2[C@@H]1O. The van der Waals surface area contributed by atoms with Crippen LogP contribution < -0.4 is 0 Å². The Morgan fingerprint density at radius 1 is 1.53 bits per heavy atom. The zero-order chi connectivity index (χ0) is 12.4. The van der Waals surface area contributed by atoms with Gasteiger partial charge in [0, 0.05) is 6.20 Å². The number of rotatable bonds is 2. The molecule has 2 aliphatic rings. The second kappa shape index (κ2) is 4.50. The maximum Gasteiger partial charge on any atom is 0.359 e. The van der Waals surface area contributed by atoms with Gasteiger partial charge < -0.3 is 9.84 Å². The summed E-state index contributed by atoms with van der Waals surface area (Å²) in [6.07, 6.45) is 4.13. The van der Waals surface area contributed by atoms with Gasteiger partial charge in [0.05, 0.1) is 6.61 Å². The summed E-state index contributed by atoms with van der Waals surface area (Å²) in [7, 11) is 0. The molecule has 0 bridgehead atoms. The van der Waals surface area contributed by atoms with Crippen LogP contribution in [0.5, 0.6) is 0 Å². The number of carbonyl (C=O) groups is 1. The van der Waals surface area contributed by atoms with E-state index >= 15 is 0 Å². The summed E-state index contributed by atoms with van der Waals surface area (Å²) in [5.41, 5.74) is 0.850. The van der Waals surface area contributed by atoms with Crippen LogP contribution in [0.4, 0.5) is 0 Å². The minimum atomic E-state index is -1.15. The maximum absolute atomic E-state index is 11.5. The summed E-state index contributed by atoms with van der Waals surface area (Å²) in [6.45, 7) is 3.81. The van der Waals surface area contributed by atoms with Gasteiger partial charge in [-0.25, -0.2) is 4.79 Å². The molecule has 0 aliphatic carbocycles. The molecule has 0 aromatic rings. The number of amidine groups is 1. The lowest BCUT2D eigenvalue weighted by Crippen LogP contribution is -2.47. The first-order chi connectivity index (χ1) is 8.13. The molecule has 6 nitrogen and oxygen atoms in total. The lowest BCUT2D eigenvalue weighted by molar-refractivity contribution is -0.135. The summed E-state index contributed by atoms with van der Waals surface area (Å²) in [5.74, 6) is -0.153. The van der Waals surface area contributed by atoms with Gasteiger partial charge in [-0.2, -0.15) is 0 Å². The molecule has 0 radical (unpaired) electrons. The zero-order valence-electron chi connectivity index (χ0n) is 9.62. The van der Waals surface area contributed by atoms with Gasteiger partial charge in [-0.1, -0.05) is 6.08 Å². The highest BCUT2D eigenvalue weighted by Gasteiger charge is 2.32. The number of carbonyl (C=O) groups excluding carboxylic acids is 1. The van der Waals surface area contributed by atoms with Crippen LogP contribution in [0.15, 0.2) is 34.1 Å². The van der Waals surface area contributed by atoms with Crippen molar-refractivity contribution in [3.63, 3.8) is 0 Å². The number of aliphatic hydroxyl groups excluding tert-OH is 1. The Morgan fingerprint density at radius 2 is 2.29 bits per heavy atom. The Morgan fingerprint density at radius 3 is 3.00 bits per heavy atom. The third-order valence-corrected chi connectivity index (χ3v) is 2.36. The lowest BCUT2D eigenvalue weighted by Gasteiger charge is -2.30. The van der Waals surface area contributed by atoms with E-state index in [1.165, 1.54) is 4.90 Å². The number of hydrogen-bond donors (Lipinski definition) is 1. The van der Waals surface area contributed by atoms with Crippen molar-refractivity contribution in [2.24, 2.45) is 10.2 Å². The Bertz CT molecular complexity index is 463. The molecule has 0 amide bonds. The van der Waals surface area contributed by atoms with Crippen molar-refractivity contribution in [3.8, 4) is 0 Å². The molecule has 1 atom stereocenters. The van der Waals surface area contributed by atoms with Crippen LogP contribution >= 0.6 is 0 Å². The van der Waals surface area contributed by atoms with Gasteiger partial charge in [-0.05, 0) is 25.5 Å². The van der Waals surface area contributed by atoms with Gasteiger partial charge in [0.1, 0.15) is 0 Å². The minimum Gasteiger partial charge on any atom is -0.461 e. The molecule has 0 spiro atoms. The van der Waals surface area contributed by atoms with Gasteiger partial charge in [0.25, 0.3) is 0 Å². The summed E-state index contributed by atoms with van der Waals surface area (Å²) < 4.78 is 4.79. The number of hydrogen-bond acceptors (Lipinski definition) is 6. The average Bonchev–Trinajstić information content (AvgIpc) is 2.30. The third kappa shape index (κ3) is 2.12. The number of allylic oxidation sites excluding steroid dienone is 2. The van der Waals surface area contributed by atoms with Crippen molar-refractivity contribution >= 4 is 17.5 Å². The minimum absolute atomic E-state index is 0.102. The predicted molar refractivity (Wildman–Crippen MR) is 62.2 cm³/mol. The molecule has 2 heterocycles. The molecule has 0 saturated heterocycles. The first-order valence-electron chi connectivity index (χ1n) is 5.29. The fourth-order valence-corrected chi connectivity index (χ4v) is 1.54. The van der Waals surface area contributed by atoms with Crippen LogP contribution in [0.3, 0.4) is 0 Å². The second-order valence-corrected chi connectivity index (χ2v) is 3.65. The highest BCUT2D eigenvalue weighted by Crippen LogP contribution is 2.16. The van der Waals surface area contributed by atoms with E-state index in [2.05, 4.69) is 10.2 Å². The normalized spacial score (nSPS) is 22.4. The van der Waals surface area contributed by atoms with Gasteiger partial charge in [-0.3, -0.25) is 4.90 Å². The van der Waals surface area contributed by atoms with Crippen molar-refractivity contribution in [3.05, 3.63) is 23.9 Å². The van der Waals surface area contributed by atoms with Crippen LogP contribution in [0.25, 0.3) is 0 Å². The molecule has 0 unspecified atom stereocenters. The largest absolute Gasteiger partial charge is 0.461 e. The molecule has 17 heavy (non-hydrogen) atoms. The van der Waals surface area contributed by atoms with E-state index in [1.54, 1.807) is 19.2 Å². The Hall–Kier alpha value is -1.95. The van der Waals surface area contributed by atoms with Crippen LogP contribution in [0.1, 0.15) is 13.8 Å². The smallest absolute Gasteiger partial charge is 0.359 e. The maximum atomic E-state index is 11.5. The molecule has 0 saturated carbocycles. The van der Waals surface area contributed by atoms with Crippen LogP contribution in [-0.4, -0.2) is 40.4 Å². The topological polar surface area (TPSA) is 74.5 Å². The molecule has 2 aliphatic heterocycles. The fraction of sp³-hybridized carbons (Fsp3) is 0.364. The standard InChI is InChI=1S/C11H13N3O3/c1-3-17-11(16)9-10(15)14-6-7(2)4-5-8(14)12-13-9/h4-6,10,15H,3H2,1-2H3/t10-/m1/s1. The Kier molecular flexibility index (Phi) is 3.06. The Labute approximate surface area is 98.6 Å². The van der Waals surface area contributed by atoms with Crippen LogP contribution in [-0.2, 0) is 9.53 Å². The van der Waals surface area contributed by atoms with Crippen LogP contribution in [0.2, 0.25) is 0 Å². The zero-order valence-corrected chi connectivity index (χ0v) is 9.62. The van der Waals surface area contributed by atoms with Gasteiger partial charge in [0.2, 0.25) is 0 Å². The number of ether oxygens (including phenoxy) is 1. The third-order valence-electron chi connectivity index (χ3n) is 2.36. The quantitative estimate of drug-likeness (QED) is 0.703. The Balaban J connectivity index is 2.28. The molecule has 90 valence electrons. The average molecular weight is 235 g/mol. The summed E-state index contributed by atoms with van der Waals surface area (Å²) in [6, 6.07) is 0. The highest BCUT2D eigenvalue weighted by atomic mass is 16.5. The van der Waals surface area contributed by atoms with E-state index in [1.807, 2.05) is 13.0 Å². The summed E-state index contributed by atoms with van der Waals surface area (Å²) in [5, 5.41) is 17.6. The van der Waals surface area contributed by atoms with Gasteiger partial charge in [0.15, 0.2) is 17.8 Å². The van der Waals surface area contributed by atoms with E-state index < -0.39 is 12.2 Å². The van der Waals surface area contributed by atoms with Crippen LogP contribution in [0, 0.1) is 0 Å². The summed E-state index contributed by atoms with van der Waals surface area (Å²) >= 11 is 0. The van der Waals surface area contributed by atoms with Crippen molar-refractivity contribution in [1.29, 1.82) is 0 Å². The number of aliphatic hydroxyl groups is 1. The molecule has 0 fully saturated rings. The molecular weight excluding hydrogens is 222 g/mol. The highest BCUT2D eigenvalue weighted by molar-refractivity contribution is 6.39. The fourth-order valence-electron chi connectivity index (χ4n) is 1.54. The van der Waals surface area contributed by atoms with Gasteiger partial charge in [-0.15, -0.1) is 10.2 Å². The summed E-state index contributed by atoms with van der Waals surface area (Å²) in [4.78, 5) is 13.0. The second-order valence-electron chi connectivity index (χ2n) is 3.65. The van der Waals surface area contributed by atoms with E-state index in [9.17, 15) is 9.90 Å². The number of esters is 1. The lowest BCUT2D eigenvalue weighted by atomic mass is 10.2. The molecule has 1 N–H and O–H groups in total. The van der Waals surface area contributed by atoms with E-state index in [0.29, 0.717) is 5.84 Å². The first kappa shape index (κ1) is 11.5. The molecule has 0 aromatic carbocycles. The van der Waals surface area contributed by atoms with Gasteiger partial charge >= 0.3 is 5.97 Å². The first-order valence-corrected chi connectivity index (χ1v) is 5.29. The predicted octanol–water partition coefficient (Wildman–Crippen LogP) is 0.412. The van der Waals surface area contributed by atoms with Crippen molar-refractivity contribution in [2.75, 3.05) is 6.61 Å².